The Morgan fingerprint density at radius 2 is 1.19 bits per heavy atom. The summed E-state index contributed by atoms with van der Waals surface area (Å²) in [7, 11) is 0. The van der Waals surface area contributed by atoms with Gasteiger partial charge in [-0.3, -0.25) is 9.59 Å². The van der Waals surface area contributed by atoms with Gasteiger partial charge in [-0.05, 0) is 48.2 Å². The summed E-state index contributed by atoms with van der Waals surface area (Å²) in [5, 5.41) is 23.8. The molecule has 0 aliphatic rings. The van der Waals surface area contributed by atoms with Crippen molar-refractivity contribution >= 4 is 62.7 Å². The maximum absolute atomic E-state index is 12.3. The molecule has 0 bridgehead atoms. The molecule has 0 spiro atoms. The van der Waals surface area contributed by atoms with Crippen molar-refractivity contribution in [2.75, 3.05) is 5.32 Å². The first-order chi connectivity index (χ1) is 17.4. The van der Waals surface area contributed by atoms with Gasteiger partial charge in [-0.25, -0.2) is 0 Å². The number of carbonyl (C=O) groups excluding carboxylic acids is 2. The Hall–Kier alpha value is -2.72. The Kier molecular flexibility index (Phi) is 9.52. The largest absolute Gasteiger partial charge is 0.300 e. The molecule has 0 aliphatic heterocycles. The van der Waals surface area contributed by atoms with Crippen LogP contribution >= 0.6 is 45.9 Å². The van der Waals surface area contributed by atoms with Crippen LogP contribution in [0.5, 0.6) is 0 Å². The number of unbranched alkanes of at least 4 members (excludes halogenated alkanes) is 1. The highest BCUT2D eigenvalue weighted by Gasteiger charge is 2.12. The zero-order valence-electron chi connectivity index (χ0n) is 19.2. The van der Waals surface area contributed by atoms with Crippen LogP contribution in [-0.2, 0) is 41.7 Å². The Balaban J connectivity index is 1.15. The number of aromatic nitrogens is 4. The average molecular weight is 561 g/mol. The van der Waals surface area contributed by atoms with Crippen molar-refractivity contribution in [1.29, 1.82) is 0 Å². The number of anilines is 1. The molecule has 36 heavy (non-hydrogen) atoms. The summed E-state index contributed by atoms with van der Waals surface area (Å²) in [5.41, 5.74) is 1.82. The lowest BCUT2D eigenvalue weighted by Gasteiger charge is -2.01. The number of benzene rings is 2. The molecule has 0 saturated heterocycles. The summed E-state index contributed by atoms with van der Waals surface area (Å²) >= 11 is 14.6. The number of hydrogen-bond acceptors (Lipinski definition) is 8. The molecule has 2 aromatic carbocycles. The van der Waals surface area contributed by atoms with Gasteiger partial charge in [0.15, 0.2) is 0 Å². The number of aryl methyl sites for hydroxylation is 2. The van der Waals surface area contributed by atoms with Crippen LogP contribution in [0.15, 0.2) is 48.5 Å². The first kappa shape index (κ1) is 26.3. The van der Waals surface area contributed by atoms with Gasteiger partial charge in [-0.2, -0.15) is 0 Å². The van der Waals surface area contributed by atoms with Crippen LogP contribution in [0.2, 0.25) is 10.0 Å². The van der Waals surface area contributed by atoms with Gasteiger partial charge in [0.25, 0.3) is 0 Å². The van der Waals surface area contributed by atoms with Crippen molar-refractivity contribution in [2.24, 2.45) is 0 Å². The van der Waals surface area contributed by atoms with E-state index in [1.165, 1.54) is 22.7 Å². The molecular formula is C25H23Cl2N5O2S2. The first-order valence-electron chi connectivity index (χ1n) is 11.4. The number of halogens is 2. The number of amides is 1. The van der Waals surface area contributed by atoms with Crippen LogP contribution in [0.1, 0.15) is 39.0 Å². The normalized spacial score (nSPS) is 10.9. The van der Waals surface area contributed by atoms with Gasteiger partial charge < -0.3 is 5.32 Å². The molecule has 0 unspecified atom stereocenters. The average Bonchev–Trinajstić information content (AvgIpc) is 3.49. The lowest BCUT2D eigenvalue weighted by Crippen LogP contribution is -2.14. The van der Waals surface area contributed by atoms with Gasteiger partial charge in [0.2, 0.25) is 11.0 Å². The van der Waals surface area contributed by atoms with Gasteiger partial charge in [0.05, 0.1) is 12.8 Å². The Morgan fingerprint density at radius 3 is 1.83 bits per heavy atom. The number of Topliss-reactive ketones (excluding diaryl/α,β-unsaturated/α-hetero) is 1. The zero-order valence-corrected chi connectivity index (χ0v) is 22.4. The van der Waals surface area contributed by atoms with Crippen LogP contribution in [0, 0.1) is 0 Å². The molecule has 2 aromatic heterocycles. The summed E-state index contributed by atoms with van der Waals surface area (Å²) < 4.78 is 0. The fourth-order valence-corrected chi connectivity index (χ4v) is 5.40. The van der Waals surface area contributed by atoms with E-state index < -0.39 is 0 Å². The molecule has 0 aliphatic carbocycles. The number of hydrogen-bond donors (Lipinski definition) is 1. The summed E-state index contributed by atoms with van der Waals surface area (Å²) in [4.78, 5) is 24.6. The molecule has 7 nitrogen and oxygen atoms in total. The Labute approximate surface area is 226 Å². The lowest BCUT2D eigenvalue weighted by molar-refractivity contribution is -0.118. The molecule has 11 heteroatoms. The van der Waals surface area contributed by atoms with Crippen molar-refractivity contribution in [3.05, 3.63) is 84.7 Å². The highest BCUT2D eigenvalue weighted by Crippen LogP contribution is 2.20. The second-order valence-corrected chi connectivity index (χ2v) is 11.2. The molecule has 4 aromatic rings. The monoisotopic (exact) mass is 559 g/mol. The minimum atomic E-state index is -0.140. The van der Waals surface area contributed by atoms with Gasteiger partial charge >= 0.3 is 0 Å². The van der Waals surface area contributed by atoms with E-state index >= 15 is 0 Å². The minimum absolute atomic E-state index is 0.104. The zero-order chi connectivity index (χ0) is 25.3. The molecule has 0 saturated carbocycles. The minimum Gasteiger partial charge on any atom is -0.300 e. The number of nitrogens with one attached hydrogen (secondary N) is 1. The van der Waals surface area contributed by atoms with E-state index in [-0.39, 0.29) is 24.5 Å². The van der Waals surface area contributed by atoms with Gasteiger partial charge in [-0.15, -0.1) is 31.7 Å². The number of ketones is 1. The van der Waals surface area contributed by atoms with Crippen LogP contribution in [0.25, 0.3) is 0 Å². The quantitative estimate of drug-likeness (QED) is 0.220. The van der Waals surface area contributed by atoms with Gasteiger partial charge in [0.1, 0.15) is 20.8 Å². The standard InChI is InChI=1S/C25H23Cl2N5O2S2/c26-18-9-5-16(6-10-18)13-20(33)15-24-31-29-22(35-24)3-1-2-4-23-30-32-25(36-23)28-21(34)14-17-7-11-19(27)12-8-17/h5-12H,1-4,13-15H2,(H,28,32,34). The van der Waals surface area contributed by atoms with Crippen LogP contribution in [-0.4, -0.2) is 32.1 Å². The molecule has 1 N–H and O–H groups in total. The third kappa shape index (κ3) is 8.44. The number of rotatable bonds is 12. The predicted molar refractivity (Wildman–Crippen MR) is 144 cm³/mol. The van der Waals surface area contributed by atoms with Crippen molar-refractivity contribution in [1.82, 2.24) is 20.4 Å². The number of nitrogens with zero attached hydrogens (tertiary/aromatic N) is 4. The van der Waals surface area contributed by atoms with Crippen molar-refractivity contribution in [3.8, 4) is 0 Å². The van der Waals surface area contributed by atoms with Crippen molar-refractivity contribution in [2.45, 2.75) is 44.9 Å². The van der Waals surface area contributed by atoms with Crippen molar-refractivity contribution < 1.29 is 9.59 Å². The molecule has 0 atom stereocenters. The smallest absolute Gasteiger partial charge is 0.230 e. The van der Waals surface area contributed by atoms with E-state index in [4.69, 9.17) is 23.2 Å². The Bertz CT molecular complexity index is 1210. The Morgan fingerprint density at radius 1 is 0.667 bits per heavy atom. The maximum Gasteiger partial charge on any atom is 0.230 e. The summed E-state index contributed by atoms with van der Waals surface area (Å²) in [6, 6.07) is 14.5. The fourth-order valence-electron chi connectivity index (χ4n) is 3.43. The molecular weight excluding hydrogens is 537 g/mol. The molecule has 4 rings (SSSR count). The first-order valence-corrected chi connectivity index (χ1v) is 13.8. The van der Waals surface area contributed by atoms with Gasteiger partial charge in [0, 0.05) is 29.3 Å². The third-order valence-electron chi connectivity index (χ3n) is 5.19. The maximum atomic E-state index is 12.3. The van der Waals surface area contributed by atoms with E-state index in [9.17, 15) is 9.59 Å². The van der Waals surface area contributed by atoms with Crippen LogP contribution < -0.4 is 5.32 Å². The van der Waals surface area contributed by atoms with E-state index in [0.717, 1.165) is 51.8 Å². The topological polar surface area (TPSA) is 97.7 Å². The second-order valence-electron chi connectivity index (χ2n) is 8.17. The summed E-state index contributed by atoms with van der Waals surface area (Å²) in [6.45, 7) is 0. The van der Waals surface area contributed by atoms with Crippen LogP contribution in [0.4, 0.5) is 5.13 Å². The van der Waals surface area contributed by atoms with Crippen LogP contribution in [0.3, 0.4) is 0 Å². The molecule has 1 amide bonds. The van der Waals surface area contributed by atoms with E-state index in [0.29, 0.717) is 21.6 Å². The van der Waals surface area contributed by atoms with E-state index in [2.05, 4.69) is 25.7 Å². The summed E-state index contributed by atoms with van der Waals surface area (Å²) in [6.07, 6.45) is 4.31. The van der Waals surface area contributed by atoms with Gasteiger partial charge in [-0.1, -0.05) is 58.8 Å². The fraction of sp³-hybridized carbons (Fsp3) is 0.280. The number of carbonyl (C=O) groups is 2. The molecule has 0 fully saturated rings. The SMILES string of the molecule is O=C(Cc1ccc(Cl)cc1)Cc1nnc(CCCCc2nnc(NC(=O)Cc3ccc(Cl)cc3)s2)s1. The lowest BCUT2D eigenvalue weighted by atomic mass is 10.1. The highest BCUT2D eigenvalue weighted by molar-refractivity contribution is 7.15. The summed E-state index contributed by atoms with van der Waals surface area (Å²) in [5.74, 6) is -0.0360. The van der Waals surface area contributed by atoms with E-state index in [1.54, 1.807) is 24.3 Å². The van der Waals surface area contributed by atoms with Crippen molar-refractivity contribution in [3.63, 3.8) is 0 Å². The third-order valence-corrected chi connectivity index (χ3v) is 7.58. The highest BCUT2D eigenvalue weighted by atomic mass is 35.5. The molecule has 0 radical (unpaired) electrons. The molecule has 186 valence electrons. The van der Waals surface area contributed by atoms with E-state index in [1.807, 2.05) is 24.3 Å². The second kappa shape index (κ2) is 13.0. The predicted octanol–water partition coefficient (Wildman–Crippen LogP) is 5.80. The molecule has 2 heterocycles.